The number of benzene rings is 2. The fraction of sp³-hybridized carbons (Fsp3) is 0.304. The molecule has 0 radical (unpaired) electrons. The first-order valence-corrected chi connectivity index (χ1v) is 10.0. The maximum Gasteiger partial charge on any atom is 0.196 e. The molecule has 1 aromatic heterocycles. The highest BCUT2D eigenvalue weighted by Crippen LogP contribution is 2.17. The number of guanidine groups is 1. The monoisotopic (exact) mass is 537 g/mol. The van der Waals surface area contributed by atoms with Gasteiger partial charge in [-0.25, -0.2) is 9.38 Å². The molecule has 166 valence electrons. The highest BCUT2D eigenvalue weighted by Gasteiger charge is 2.04. The van der Waals surface area contributed by atoms with Crippen molar-refractivity contribution >= 4 is 35.6 Å². The van der Waals surface area contributed by atoms with Crippen LogP contribution in [0.1, 0.15) is 25.0 Å². The number of hydrogen-bond acceptors (Lipinski definition) is 3. The summed E-state index contributed by atoms with van der Waals surface area (Å²) in [7, 11) is 1.88. The Kier molecular flexibility index (Phi) is 9.77. The first-order chi connectivity index (χ1) is 14.5. The molecule has 0 spiro atoms. The largest absolute Gasteiger partial charge is 0.491 e. The summed E-state index contributed by atoms with van der Waals surface area (Å²) in [5, 5.41) is 10.8. The predicted molar refractivity (Wildman–Crippen MR) is 134 cm³/mol. The predicted octanol–water partition coefficient (Wildman–Crippen LogP) is 4.76. The smallest absolute Gasteiger partial charge is 0.196 e. The van der Waals surface area contributed by atoms with Crippen LogP contribution in [0.2, 0.25) is 0 Å². The Hall–Kier alpha value is -2.62. The van der Waals surface area contributed by atoms with Crippen LogP contribution in [-0.4, -0.2) is 28.4 Å². The second-order valence-corrected chi connectivity index (χ2v) is 7.31. The van der Waals surface area contributed by atoms with Crippen LogP contribution >= 0.6 is 24.0 Å². The van der Waals surface area contributed by atoms with E-state index in [-0.39, 0.29) is 35.9 Å². The van der Waals surface area contributed by atoms with Crippen molar-refractivity contribution in [1.29, 1.82) is 0 Å². The third kappa shape index (κ3) is 8.56. The standard InChI is InChI=1S/C23H28FN5O.HI/c1-17(2)30-22-9-7-21(8-10-22)28-23(26-14-19-15-27-29(3)16-19)25-12-11-18-5-4-6-20(24)13-18;/h4-10,13,15-17H,11-12,14H2,1-3H3,(H2,25,26,28);1H. The van der Waals surface area contributed by atoms with Gasteiger partial charge in [-0.2, -0.15) is 5.10 Å². The van der Waals surface area contributed by atoms with E-state index in [0.717, 1.165) is 22.6 Å². The molecular weight excluding hydrogens is 508 g/mol. The molecule has 2 N–H and O–H groups in total. The lowest BCUT2D eigenvalue weighted by molar-refractivity contribution is 0.242. The normalized spacial score (nSPS) is 11.2. The summed E-state index contributed by atoms with van der Waals surface area (Å²) >= 11 is 0. The van der Waals surface area contributed by atoms with Crippen molar-refractivity contribution in [3.8, 4) is 5.75 Å². The van der Waals surface area contributed by atoms with Gasteiger partial charge in [0.25, 0.3) is 0 Å². The van der Waals surface area contributed by atoms with E-state index < -0.39 is 0 Å². The number of aryl methyl sites for hydroxylation is 1. The third-order valence-electron chi connectivity index (χ3n) is 4.26. The molecule has 1 heterocycles. The summed E-state index contributed by atoms with van der Waals surface area (Å²) in [5.41, 5.74) is 2.85. The number of aromatic nitrogens is 2. The first-order valence-electron chi connectivity index (χ1n) is 10.0. The molecule has 0 bridgehead atoms. The minimum absolute atomic E-state index is 0. The second kappa shape index (κ2) is 12.3. The molecule has 0 unspecified atom stereocenters. The van der Waals surface area contributed by atoms with Gasteiger partial charge in [0.2, 0.25) is 0 Å². The maximum atomic E-state index is 13.4. The SMILES string of the molecule is CC(C)Oc1ccc(NC(=NCc2cnn(C)c2)NCCc2cccc(F)c2)cc1.I. The maximum absolute atomic E-state index is 13.4. The van der Waals surface area contributed by atoms with E-state index in [1.165, 1.54) is 6.07 Å². The van der Waals surface area contributed by atoms with Crippen LogP contribution in [-0.2, 0) is 20.0 Å². The molecule has 31 heavy (non-hydrogen) atoms. The molecule has 0 saturated carbocycles. The van der Waals surface area contributed by atoms with Crippen LogP contribution < -0.4 is 15.4 Å². The average Bonchev–Trinajstić information content (AvgIpc) is 3.12. The van der Waals surface area contributed by atoms with Gasteiger partial charge >= 0.3 is 0 Å². The van der Waals surface area contributed by atoms with Gasteiger partial charge < -0.3 is 15.4 Å². The van der Waals surface area contributed by atoms with Crippen LogP contribution in [0, 0.1) is 5.82 Å². The highest BCUT2D eigenvalue weighted by atomic mass is 127. The Labute approximate surface area is 199 Å². The van der Waals surface area contributed by atoms with Crippen molar-refractivity contribution < 1.29 is 9.13 Å². The zero-order valence-corrected chi connectivity index (χ0v) is 20.3. The van der Waals surface area contributed by atoms with E-state index in [0.29, 0.717) is 25.5 Å². The molecule has 0 amide bonds. The molecule has 0 aliphatic carbocycles. The summed E-state index contributed by atoms with van der Waals surface area (Å²) < 4.78 is 20.8. The van der Waals surface area contributed by atoms with E-state index in [1.807, 2.05) is 57.4 Å². The zero-order valence-electron chi connectivity index (χ0n) is 18.0. The van der Waals surface area contributed by atoms with Gasteiger partial charge in [0.15, 0.2) is 5.96 Å². The van der Waals surface area contributed by atoms with Crippen molar-refractivity contribution in [2.45, 2.75) is 32.9 Å². The molecule has 3 rings (SSSR count). The van der Waals surface area contributed by atoms with Crippen LogP contribution in [0.5, 0.6) is 5.75 Å². The quantitative estimate of drug-likeness (QED) is 0.247. The zero-order chi connectivity index (χ0) is 21.3. The van der Waals surface area contributed by atoms with Gasteiger partial charge in [0.1, 0.15) is 11.6 Å². The minimum Gasteiger partial charge on any atom is -0.491 e. The molecular formula is C23H29FIN5O. The van der Waals surface area contributed by atoms with E-state index in [4.69, 9.17) is 4.74 Å². The Morgan fingerprint density at radius 3 is 2.58 bits per heavy atom. The molecule has 6 nitrogen and oxygen atoms in total. The number of ether oxygens (including phenoxy) is 1. The number of aliphatic imine (C=N–C) groups is 1. The molecule has 3 aromatic rings. The van der Waals surface area contributed by atoms with E-state index >= 15 is 0 Å². The van der Waals surface area contributed by atoms with Crippen molar-refractivity contribution in [1.82, 2.24) is 15.1 Å². The lowest BCUT2D eigenvalue weighted by Gasteiger charge is -2.14. The number of rotatable bonds is 8. The van der Waals surface area contributed by atoms with Crippen molar-refractivity contribution in [3.05, 3.63) is 77.9 Å². The molecule has 0 aliphatic heterocycles. The van der Waals surface area contributed by atoms with Gasteiger partial charge in [-0.1, -0.05) is 12.1 Å². The lowest BCUT2D eigenvalue weighted by atomic mass is 10.1. The summed E-state index contributed by atoms with van der Waals surface area (Å²) in [4.78, 5) is 4.66. The molecule has 0 fully saturated rings. The van der Waals surface area contributed by atoms with Crippen molar-refractivity contribution in [2.24, 2.45) is 12.0 Å². The van der Waals surface area contributed by atoms with Crippen LogP contribution in [0.25, 0.3) is 0 Å². The topological polar surface area (TPSA) is 63.5 Å². The number of halogens is 2. The number of anilines is 1. The van der Waals surface area contributed by atoms with Crippen LogP contribution in [0.3, 0.4) is 0 Å². The second-order valence-electron chi connectivity index (χ2n) is 7.31. The van der Waals surface area contributed by atoms with E-state index in [1.54, 1.807) is 23.0 Å². The minimum atomic E-state index is -0.222. The molecule has 2 aromatic carbocycles. The molecule has 0 aliphatic rings. The molecule has 0 saturated heterocycles. The number of hydrogen-bond donors (Lipinski definition) is 2. The van der Waals surface area contributed by atoms with Crippen molar-refractivity contribution in [3.63, 3.8) is 0 Å². The third-order valence-corrected chi connectivity index (χ3v) is 4.26. The van der Waals surface area contributed by atoms with Gasteiger partial charge in [-0.3, -0.25) is 4.68 Å². The van der Waals surface area contributed by atoms with Gasteiger partial charge in [-0.15, -0.1) is 24.0 Å². The number of nitrogens with zero attached hydrogens (tertiary/aromatic N) is 3. The van der Waals surface area contributed by atoms with E-state index in [2.05, 4.69) is 20.7 Å². The average molecular weight is 537 g/mol. The van der Waals surface area contributed by atoms with Gasteiger partial charge in [0, 0.05) is 31.0 Å². The Morgan fingerprint density at radius 1 is 1.16 bits per heavy atom. The van der Waals surface area contributed by atoms with E-state index in [9.17, 15) is 4.39 Å². The fourth-order valence-electron chi connectivity index (χ4n) is 2.91. The summed E-state index contributed by atoms with van der Waals surface area (Å²) in [5.74, 6) is 1.25. The Bertz CT molecular complexity index is 972. The van der Waals surface area contributed by atoms with Crippen LogP contribution in [0.4, 0.5) is 10.1 Å². The highest BCUT2D eigenvalue weighted by molar-refractivity contribution is 14.0. The summed E-state index contributed by atoms with van der Waals surface area (Å²) in [6.45, 7) is 5.12. The summed E-state index contributed by atoms with van der Waals surface area (Å²) in [6.07, 6.45) is 4.55. The van der Waals surface area contributed by atoms with Gasteiger partial charge in [0.05, 0.1) is 18.8 Å². The molecule has 8 heteroatoms. The number of nitrogens with one attached hydrogen (secondary N) is 2. The Morgan fingerprint density at radius 2 is 1.94 bits per heavy atom. The Balaban J connectivity index is 0.00000341. The summed E-state index contributed by atoms with van der Waals surface area (Å²) in [6, 6.07) is 14.4. The van der Waals surface area contributed by atoms with Crippen molar-refractivity contribution in [2.75, 3.05) is 11.9 Å². The van der Waals surface area contributed by atoms with Crippen LogP contribution in [0.15, 0.2) is 65.9 Å². The molecule has 0 atom stereocenters. The first kappa shape index (κ1) is 24.6. The van der Waals surface area contributed by atoms with Gasteiger partial charge in [-0.05, 0) is 62.2 Å². The lowest BCUT2D eigenvalue weighted by Crippen LogP contribution is -2.32. The fourth-order valence-corrected chi connectivity index (χ4v) is 2.91.